The zero-order valence-corrected chi connectivity index (χ0v) is 28.9. The summed E-state index contributed by atoms with van der Waals surface area (Å²) in [5.41, 5.74) is 2.50. The molecule has 246 valence electrons. The summed E-state index contributed by atoms with van der Waals surface area (Å²) in [6, 6.07) is 9.47. The van der Waals surface area contributed by atoms with Crippen molar-refractivity contribution in [3.05, 3.63) is 64.0 Å². The number of benzene rings is 2. The summed E-state index contributed by atoms with van der Waals surface area (Å²) < 4.78 is 18.7. The first-order valence-electron chi connectivity index (χ1n) is 15.8. The number of aryl methyl sites for hydroxylation is 1. The molecule has 0 bridgehead atoms. The standard InChI is InChI=1S/C35H39Cl2FN8O/c1-21-8-6-9-25(31(21)37)30-28(36)17-26-33(32(30)38)41-35(44-19-24(20-44)43(4)5)27-18-40-46(34(26)27)23-12-15-45(22(16-23)11-13-39)29(47)10-7-14-42(2)3/h6-10,17-18,22-24H,11-12,14-16,19-20H2,1-5H3/b10-7+/t22-,23+/m1/s1. The van der Waals surface area contributed by atoms with E-state index in [1.807, 2.05) is 48.8 Å². The molecular weight excluding hydrogens is 638 g/mol. The Balaban J connectivity index is 1.47. The van der Waals surface area contributed by atoms with Crippen LogP contribution in [0.25, 0.3) is 32.9 Å². The number of aromatic nitrogens is 3. The fourth-order valence-electron chi connectivity index (χ4n) is 6.72. The average Bonchev–Trinajstić information content (AvgIpc) is 3.44. The number of carbonyl (C=O) groups excluding carboxylic acids is 1. The fraction of sp³-hybridized carbons (Fsp3) is 0.429. The molecule has 4 aromatic rings. The summed E-state index contributed by atoms with van der Waals surface area (Å²) in [5.74, 6) is 0.0386. The van der Waals surface area contributed by atoms with Crippen LogP contribution in [-0.2, 0) is 4.79 Å². The van der Waals surface area contributed by atoms with Crippen LogP contribution in [0.2, 0.25) is 10.0 Å². The van der Waals surface area contributed by atoms with Crippen molar-refractivity contribution in [2.45, 2.75) is 44.3 Å². The minimum Gasteiger partial charge on any atom is -0.353 e. The van der Waals surface area contributed by atoms with Gasteiger partial charge in [-0.15, -0.1) is 0 Å². The van der Waals surface area contributed by atoms with Gasteiger partial charge in [0, 0.05) is 60.9 Å². The molecule has 0 saturated carbocycles. The quantitative estimate of drug-likeness (QED) is 0.202. The summed E-state index contributed by atoms with van der Waals surface area (Å²) >= 11 is 13.6. The minimum atomic E-state index is -0.534. The van der Waals surface area contributed by atoms with Crippen molar-refractivity contribution in [3.8, 4) is 17.2 Å². The van der Waals surface area contributed by atoms with Gasteiger partial charge >= 0.3 is 0 Å². The van der Waals surface area contributed by atoms with E-state index in [0.717, 1.165) is 29.6 Å². The summed E-state index contributed by atoms with van der Waals surface area (Å²) in [5, 5.41) is 16.6. The lowest BCUT2D eigenvalue weighted by molar-refractivity contribution is -0.130. The van der Waals surface area contributed by atoms with Crippen LogP contribution in [0.5, 0.6) is 0 Å². The molecule has 2 aromatic carbocycles. The zero-order chi connectivity index (χ0) is 33.6. The van der Waals surface area contributed by atoms with E-state index in [4.69, 9.17) is 33.3 Å². The van der Waals surface area contributed by atoms with Gasteiger partial charge in [-0.2, -0.15) is 10.4 Å². The van der Waals surface area contributed by atoms with E-state index in [0.29, 0.717) is 53.8 Å². The predicted molar refractivity (Wildman–Crippen MR) is 187 cm³/mol. The molecule has 2 atom stereocenters. The van der Waals surface area contributed by atoms with Gasteiger partial charge in [0.25, 0.3) is 0 Å². The third-order valence-electron chi connectivity index (χ3n) is 9.43. The van der Waals surface area contributed by atoms with E-state index in [2.05, 4.69) is 30.0 Å². The van der Waals surface area contributed by atoms with Gasteiger partial charge in [-0.1, -0.05) is 47.5 Å². The van der Waals surface area contributed by atoms with Crippen molar-refractivity contribution in [3.63, 3.8) is 0 Å². The molecule has 2 aliphatic rings. The highest BCUT2D eigenvalue weighted by Crippen LogP contribution is 2.44. The molecule has 0 spiro atoms. The molecule has 0 radical (unpaired) electrons. The van der Waals surface area contributed by atoms with Crippen molar-refractivity contribution < 1.29 is 9.18 Å². The molecule has 1 amide bonds. The monoisotopic (exact) mass is 676 g/mol. The van der Waals surface area contributed by atoms with E-state index < -0.39 is 5.82 Å². The Morgan fingerprint density at radius 2 is 1.96 bits per heavy atom. The number of hydrogen-bond acceptors (Lipinski definition) is 7. The number of piperidine rings is 1. The lowest BCUT2D eigenvalue weighted by Gasteiger charge is -2.43. The maximum absolute atomic E-state index is 16.8. The van der Waals surface area contributed by atoms with Crippen LogP contribution in [0.4, 0.5) is 10.2 Å². The van der Waals surface area contributed by atoms with Gasteiger partial charge in [-0.3, -0.25) is 9.48 Å². The van der Waals surface area contributed by atoms with Crippen molar-refractivity contribution in [1.82, 2.24) is 29.5 Å². The van der Waals surface area contributed by atoms with E-state index >= 15 is 4.39 Å². The number of carbonyl (C=O) groups is 1. The highest BCUT2D eigenvalue weighted by atomic mass is 35.5. The Bertz CT molecular complexity index is 1910. The normalized spacial score (nSPS) is 19.0. The Labute approximate surface area is 284 Å². The second-order valence-corrected chi connectivity index (χ2v) is 13.9. The molecule has 9 nitrogen and oxygen atoms in total. The van der Waals surface area contributed by atoms with E-state index in [-0.39, 0.29) is 40.5 Å². The van der Waals surface area contributed by atoms with Gasteiger partial charge in [0.15, 0.2) is 5.82 Å². The molecule has 2 aliphatic heterocycles. The summed E-state index contributed by atoms with van der Waals surface area (Å²) in [4.78, 5) is 26.2. The van der Waals surface area contributed by atoms with Crippen LogP contribution in [-0.4, -0.2) is 102 Å². The van der Waals surface area contributed by atoms with E-state index in [1.54, 1.807) is 29.3 Å². The molecular formula is C35H39Cl2FN8O. The van der Waals surface area contributed by atoms with Crippen LogP contribution in [0.3, 0.4) is 0 Å². The number of fused-ring (bicyclic) bond motifs is 3. The second-order valence-electron chi connectivity index (χ2n) is 13.1. The molecule has 0 aliphatic carbocycles. The van der Waals surface area contributed by atoms with E-state index in [9.17, 15) is 10.1 Å². The number of nitriles is 1. The first-order chi connectivity index (χ1) is 22.5. The van der Waals surface area contributed by atoms with Gasteiger partial charge < -0.3 is 19.6 Å². The summed E-state index contributed by atoms with van der Waals surface area (Å²) in [6.45, 7) is 4.51. The number of halogens is 3. The maximum atomic E-state index is 16.8. The molecule has 6 rings (SSSR count). The fourth-order valence-corrected chi connectivity index (χ4v) is 7.23. The van der Waals surface area contributed by atoms with Crippen LogP contribution in [0, 0.1) is 24.1 Å². The molecule has 47 heavy (non-hydrogen) atoms. The molecule has 0 N–H and O–H groups in total. The van der Waals surface area contributed by atoms with Crippen molar-refractivity contribution >= 4 is 56.7 Å². The molecule has 12 heteroatoms. The largest absolute Gasteiger partial charge is 0.353 e. The topological polar surface area (TPSA) is 84.5 Å². The highest BCUT2D eigenvalue weighted by Gasteiger charge is 2.36. The van der Waals surface area contributed by atoms with Gasteiger partial charge in [-0.25, -0.2) is 9.37 Å². The van der Waals surface area contributed by atoms with E-state index in [1.165, 1.54) is 0 Å². The SMILES string of the molecule is Cc1cccc(-c2c(Cl)cc3c(nc(N4CC(N(C)C)C4)c4cnn([C@H]5CCN(C(=O)/C=C/CN(C)C)[C@H](CC#N)C5)c43)c2F)c1Cl. The first-order valence-corrected chi connectivity index (χ1v) is 16.6. The number of likely N-dealkylation sites (tertiary alicyclic amines) is 1. The Kier molecular flexibility index (Phi) is 9.45. The number of anilines is 1. The van der Waals surface area contributed by atoms with Crippen LogP contribution in [0.15, 0.2) is 42.6 Å². The number of amides is 1. The number of rotatable bonds is 8. The van der Waals surface area contributed by atoms with Crippen molar-refractivity contribution in [2.75, 3.05) is 59.3 Å². The molecule has 2 aromatic heterocycles. The van der Waals surface area contributed by atoms with Crippen LogP contribution < -0.4 is 4.90 Å². The lowest BCUT2D eigenvalue weighted by Crippen LogP contribution is -2.57. The molecule has 4 heterocycles. The second kappa shape index (κ2) is 13.4. The number of hydrogen-bond donors (Lipinski definition) is 0. The highest BCUT2D eigenvalue weighted by molar-refractivity contribution is 6.37. The third-order valence-corrected chi connectivity index (χ3v) is 10.2. The number of likely N-dealkylation sites (N-methyl/N-ethyl adjacent to an activating group) is 2. The number of nitrogens with zero attached hydrogens (tertiary/aromatic N) is 8. The van der Waals surface area contributed by atoms with Gasteiger partial charge in [0.1, 0.15) is 11.3 Å². The van der Waals surface area contributed by atoms with Gasteiger partial charge in [-0.05, 0) is 59.6 Å². The molecule has 2 fully saturated rings. The maximum Gasteiger partial charge on any atom is 0.246 e. The summed E-state index contributed by atoms with van der Waals surface area (Å²) in [6.07, 6.45) is 6.61. The minimum absolute atomic E-state index is 0.0998. The Hall–Kier alpha value is -3.75. The Morgan fingerprint density at radius 3 is 2.66 bits per heavy atom. The average molecular weight is 678 g/mol. The predicted octanol–water partition coefficient (Wildman–Crippen LogP) is 6.32. The molecule has 2 saturated heterocycles. The van der Waals surface area contributed by atoms with Crippen molar-refractivity contribution in [2.24, 2.45) is 0 Å². The summed E-state index contributed by atoms with van der Waals surface area (Å²) in [7, 11) is 7.99. The number of pyridine rings is 1. The van der Waals surface area contributed by atoms with Crippen LogP contribution >= 0.6 is 23.2 Å². The first kappa shape index (κ1) is 33.2. The molecule has 0 unspecified atom stereocenters. The van der Waals surface area contributed by atoms with Crippen molar-refractivity contribution in [1.29, 1.82) is 5.26 Å². The zero-order valence-electron chi connectivity index (χ0n) is 27.3. The third kappa shape index (κ3) is 6.18. The lowest BCUT2D eigenvalue weighted by atomic mass is 9.94. The van der Waals surface area contributed by atoms with Gasteiger partial charge in [0.05, 0.1) is 45.7 Å². The van der Waals surface area contributed by atoms with Gasteiger partial charge in [0.2, 0.25) is 5.91 Å². The Morgan fingerprint density at radius 1 is 1.19 bits per heavy atom. The smallest absolute Gasteiger partial charge is 0.246 e. The van der Waals surface area contributed by atoms with Crippen LogP contribution in [0.1, 0.15) is 30.9 Å².